The molecule has 0 saturated heterocycles. The molecule has 0 radical (unpaired) electrons. The summed E-state index contributed by atoms with van der Waals surface area (Å²) in [6, 6.07) is 2.91. The topological polar surface area (TPSA) is 52.4 Å². The lowest BCUT2D eigenvalue weighted by molar-refractivity contribution is -0.385. The summed E-state index contributed by atoms with van der Waals surface area (Å²) in [7, 11) is 1.53. The van der Waals surface area contributed by atoms with E-state index in [1.807, 2.05) is 0 Å². The van der Waals surface area contributed by atoms with Gasteiger partial charge < -0.3 is 4.74 Å². The number of hydrogen-bond donors (Lipinski definition) is 0. The maximum absolute atomic E-state index is 10.5. The molecule has 0 heterocycles. The highest BCUT2D eigenvalue weighted by molar-refractivity contribution is 9.10. The number of methoxy groups -OCH3 is 1. The van der Waals surface area contributed by atoms with E-state index in [1.165, 1.54) is 19.2 Å². The molecule has 0 aliphatic heterocycles. The Morgan fingerprint density at radius 1 is 1.57 bits per heavy atom. The second-order valence-electron chi connectivity index (χ2n) is 2.51. The summed E-state index contributed by atoms with van der Waals surface area (Å²) in [6.07, 6.45) is 0. The Labute approximate surface area is 97.7 Å². The lowest BCUT2D eigenvalue weighted by Gasteiger charge is -2.07. The largest absolute Gasteiger partial charge is 0.495 e. The summed E-state index contributed by atoms with van der Waals surface area (Å²) >= 11 is 6.46. The number of nitro groups is 1. The number of hydrogen-bond acceptors (Lipinski definition) is 3. The molecule has 0 saturated carbocycles. The van der Waals surface area contributed by atoms with Crippen LogP contribution in [0, 0.1) is 10.1 Å². The minimum Gasteiger partial charge on any atom is -0.495 e. The first kappa shape index (κ1) is 11.5. The number of benzene rings is 1. The third kappa shape index (κ3) is 2.24. The van der Waals surface area contributed by atoms with Crippen LogP contribution in [0.25, 0.3) is 0 Å². The fourth-order valence-electron chi connectivity index (χ4n) is 1.07. The van der Waals surface area contributed by atoms with Crippen LogP contribution in [0.1, 0.15) is 5.56 Å². The zero-order valence-corrected chi connectivity index (χ0v) is 10.5. The molecular formula is C8H7Br2NO3. The fourth-order valence-corrected chi connectivity index (χ4v) is 2.14. The molecule has 4 nitrogen and oxygen atoms in total. The molecule has 1 aromatic carbocycles. The van der Waals surface area contributed by atoms with E-state index in [9.17, 15) is 10.1 Å². The Kier molecular flexibility index (Phi) is 3.88. The van der Waals surface area contributed by atoms with Gasteiger partial charge in [-0.3, -0.25) is 10.1 Å². The summed E-state index contributed by atoms with van der Waals surface area (Å²) < 4.78 is 5.69. The van der Waals surface area contributed by atoms with Gasteiger partial charge in [-0.2, -0.15) is 0 Å². The molecule has 14 heavy (non-hydrogen) atoms. The molecule has 0 atom stereocenters. The average molecular weight is 325 g/mol. The van der Waals surface area contributed by atoms with Gasteiger partial charge in [0.05, 0.1) is 16.5 Å². The molecule has 1 rings (SSSR count). The Morgan fingerprint density at radius 2 is 2.21 bits per heavy atom. The van der Waals surface area contributed by atoms with E-state index in [1.54, 1.807) is 0 Å². The molecule has 0 aromatic heterocycles. The molecule has 0 aliphatic rings. The quantitative estimate of drug-likeness (QED) is 0.487. The molecule has 0 N–H and O–H groups in total. The van der Waals surface area contributed by atoms with Crippen molar-refractivity contribution in [1.29, 1.82) is 0 Å². The van der Waals surface area contributed by atoms with E-state index in [0.717, 1.165) is 5.56 Å². The number of nitrogens with zero attached hydrogens (tertiary/aromatic N) is 1. The van der Waals surface area contributed by atoms with Crippen molar-refractivity contribution < 1.29 is 9.66 Å². The van der Waals surface area contributed by atoms with Crippen LogP contribution >= 0.6 is 31.9 Å². The van der Waals surface area contributed by atoms with Crippen LogP contribution in [0.3, 0.4) is 0 Å². The van der Waals surface area contributed by atoms with Crippen LogP contribution in [0.2, 0.25) is 0 Å². The van der Waals surface area contributed by atoms with E-state index in [2.05, 4.69) is 31.9 Å². The average Bonchev–Trinajstić information content (AvgIpc) is 2.16. The van der Waals surface area contributed by atoms with Gasteiger partial charge in [0.1, 0.15) is 5.75 Å². The van der Waals surface area contributed by atoms with Crippen molar-refractivity contribution in [2.75, 3.05) is 7.11 Å². The lowest BCUT2D eigenvalue weighted by Crippen LogP contribution is -1.94. The molecular weight excluding hydrogens is 318 g/mol. The van der Waals surface area contributed by atoms with Crippen LogP contribution in [0.4, 0.5) is 5.69 Å². The number of rotatable bonds is 3. The highest BCUT2D eigenvalue weighted by Crippen LogP contribution is 2.34. The molecule has 0 fully saturated rings. The maximum Gasteiger partial charge on any atom is 0.271 e. The van der Waals surface area contributed by atoms with Crippen molar-refractivity contribution in [2.24, 2.45) is 0 Å². The second kappa shape index (κ2) is 4.75. The van der Waals surface area contributed by atoms with Gasteiger partial charge in [0.25, 0.3) is 5.69 Å². The summed E-state index contributed by atoms with van der Waals surface area (Å²) in [5, 5.41) is 11.1. The number of alkyl halides is 1. The normalized spacial score (nSPS) is 9.93. The van der Waals surface area contributed by atoms with Crippen LogP contribution in [-0.2, 0) is 5.33 Å². The maximum atomic E-state index is 10.5. The minimum atomic E-state index is -0.434. The third-order valence-electron chi connectivity index (χ3n) is 1.66. The first-order valence-corrected chi connectivity index (χ1v) is 5.58. The first-order chi connectivity index (χ1) is 6.60. The molecule has 0 bridgehead atoms. The van der Waals surface area contributed by atoms with Gasteiger partial charge in [0, 0.05) is 23.0 Å². The SMILES string of the molecule is COc1c(Br)cc([N+](=O)[O-])cc1CBr. The van der Waals surface area contributed by atoms with E-state index < -0.39 is 4.92 Å². The molecule has 0 unspecified atom stereocenters. The predicted molar refractivity (Wildman–Crippen MR) is 60.0 cm³/mol. The molecule has 0 spiro atoms. The number of nitro benzene ring substituents is 1. The Hall–Kier alpha value is -0.620. The Balaban J connectivity index is 3.31. The van der Waals surface area contributed by atoms with Gasteiger partial charge in [-0.1, -0.05) is 15.9 Å². The fraction of sp³-hybridized carbons (Fsp3) is 0.250. The van der Waals surface area contributed by atoms with Crippen LogP contribution in [0.5, 0.6) is 5.75 Å². The van der Waals surface area contributed by atoms with E-state index >= 15 is 0 Å². The molecule has 0 aliphatic carbocycles. The van der Waals surface area contributed by atoms with Crippen molar-refractivity contribution in [3.8, 4) is 5.75 Å². The van der Waals surface area contributed by atoms with Crippen molar-refractivity contribution in [2.45, 2.75) is 5.33 Å². The van der Waals surface area contributed by atoms with Crippen molar-refractivity contribution in [1.82, 2.24) is 0 Å². The van der Waals surface area contributed by atoms with Gasteiger partial charge >= 0.3 is 0 Å². The van der Waals surface area contributed by atoms with Crippen LogP contribution < -0.4 is 4.74 Å². The number of halogens is 2. The Bertz CT molecular complexity index is 368. The van der Waals surface area contributed by atoms with Gasteiger partial charge in [0.15, 0.2) is 0 Å². The highest BCUT2D eigenvalue weighted by atomic mass is 79.9. The lowest BCUT2D eigenvalue weighted by atomic mass is 10.2. The Morgan fingerprint density at radius 3 is 2.64 bits per heavy atom. The highest BCUT2D eigenvalue weighted by Gasteiger charge is 2.14. The molecule has 1 aromatic rings. The zero-order chi connectivity index (χ0) is 10.7. The van der Waals surface area contributed by atoms with Gasteiger partial charge in [-0.25, -0.2) is 0 Å². The molecule has 6 heteroatoms. The van der Waals surface area contributed by atoms with E-state index in [4.69, 9.17) is 4.74 Å². The number of non-ortho nitro benzene ring substituents is 1. The van der Waals surface area contributed by atoms with E-state index in [-0.39, 0.29) is 5.69 Å². The van der Waals surface area contributed by atoms with E-state index in [0.29, 0.717) is 15.6 Å². The zero-order valence-electron chi connectivity index (χ0n) is 7.29. The van der Waals surface area contributed by atoms with Crippen molar-refractivity contribution >= 4 is 37.5 Å². The first-order valence-electron chi connectivity index (χ1n) is 3.67. The van der Waals surface area contributed by atoms with Crippen molar-refractivity contribution in [3.63, 3.8) is 0 Å². The molecule has 0 amide bonds. The van der Waals surface area contributed by atoms with Crippen molar-refractivity contribution in [3.05, 3.63) is 32.3 Å². The summed E-state index contributed by atoms with van der Waals surface area (Å²) in [5.74, 6) is 0.618. The standard InChI is InChI=1S/C8H7Br2NO3/c1-14-8-5(4-9)2-6(11(12)13)3-7(8)10/h2-3H,4H2,1H3. The van der Waals surface area contributed by atoms with Crippen LogP contribution in [0.15, 0.2) is 16.6 Å². The number of ether oxygens (including phenoxy) is 1. The minimum absolute atomic E-state index is 0.0483. The van der Waals surface area contributed by atoms with Gasteiger partial charge in [0.2, 0.25) is 0 Å². The monoisotopic (exact) mass is 323 g/mol. The second-order valence-corrected chi connectivity index (χ2v) is 3.93. The molecule has 76 valence electrons. The summed E-state index contributed by atoms with van der Waals surface area (Å²) in [6.45, 7) is 0. The van der Waals surface area contributed by atoms with Crippen LogP contribution in [-0.4, -0.2) is 12.0 Å². The predicted octanol–water partition coefficient (Wildman–Crippen LogP) is 3.26. The third-order valence-corrected chi connectivity index (χ3v) is 2.86. The summed E-state index contributed by atoms with van der Waals surface area (Å²) in [4.78, 5) is 10.1. The van der Waals surface area contributed by atoms with Gasteiger partial charge in [-0.05, 0) is 15.9 Å². The van der Waals surface area contributed by atoms with Gasteiger partial charge in [-0.15, -0.1) is 0 Å². The smallest absolute Gasteiger partial charge is 0.271 e. The summed E-state index contributed by atoms with van der Waals surface area (Å²) in [5.41, 5.74) is 0.792.